The summed E-state index contributed by atoms with van der Waals surface area (Å²) in [5, 5.41) is 0.856. The van der Waals surface area contributed by atoms with E-state index in [1.54, 1.807) is 28.4 Å². The van der Waals surface area contributed by atoms with Gasteiger partial charge in [-0.3, -0.25) is 0 Å². The number of hydrogen-bond donors (Lipinski definition) is 0. The molecular formula is C30H41BrO7. The lowest BCUT2D eigenvalue weighted by atomic mass is 10.2. The third-order valence-electron chi connectivity index (χ3n) is 4.75. The molecule has 0 saturated heterocycles. The second-order valence-corrected chi connectivity index (χ2v) is 8.36. The van der Waals surface area contributed by atoms with E-state index in [4.69, 9.17) is 33.2 Å². The highest BCUT2D eigenvalue weighted by Crippen LogP contribution is 2.18. The van der Waals surface area contributed by atoms with E-state index in [0.29, 0.717) is 39.6 Å². The monoisotopic (exact) mass is 592 g/mol. The average molecular weight is 594 g/mol. The standard InChI is InChI=1S/C10H13BrO2.C10H14O3.C10H14O2/c1-12-5-6-13-10-4-2-3-9(7-10)8-11;1-11-6-7-13-10-5-3-4-9(8-10)12-2;1-9-4-3-5-10(8-9)12-7-6-11-2/h2-4,7H,5-6,8H2,1H3;3-5,8H,6-7H2,1-2H3;3-5,8H,6-7H2,1-2H3. The Kier molecular flexibility index (Phi) is 19.4. The zero-order chi connectivity index (χ0) is 27.8. The molecule has 8 heteroatoms. The molecule has 0 radical (unpaired) electrons. The molecule has 3 aromatic carbocycles. The first-order valence-electron chi connectivity index (χ1n) is 12.3. The molecule has 38 heavy (non-hydrogen) atoms. The molecule has 0 amide bonds. The highest BCUT2D eigenvalue weighted by Gasteiger charge is 1.96. The second-order valence-electron chi connectivity index (χ2n) is 7.80. The summed E-state index contributed by atoms with van der Waals surface area (Å²) < 4.78 is 35.9. The van der Waals surface area contributed by atoms with Gasteiger partial charge in [0.2, 0.25) is 0 Å². The van der Waals surface area contributed by atoms with Crippen LogP contribution < -0.4 is 18.9 Å². The molecule has 0 aliphatic carbocycles. The van der Waals surface area contributed by atoms with E-state index < -0.39 is 0 Å². The molecule has 0 heterocycles. The van der Waals surface area contributed by atoms with Gasteiger partial charge in [0.25, 0.3) is 0 Å². The van der Waals surface area contributed by atoms with Crippen LogP contribution in [0.4, 0.5) is 0 Å². The predicted molar refractivity (Wildman–Crippen MR) is 155 cm³/mol. The first-order chi connectivity index (χ1) is 18.6. The van der Waals surface area contributed by atoms with Crippen molar-refractivity contribution in [2.45, 2.75) is 12.3 Å². The van der Waals surface area contributed by atoms with Gasteiger partial charge in [0.05, 0.1) is 26.9 Å². The Morgan fingerprint density at radius 3 is 1.45 bits per heavy atom. The van der Waals surface area contributed by atoms with Gasteiger partial charge in [-0.25, -0.2) is 0 Å². The zero-order valence-corrected chi connectivity index (χ0v) is 24.7. The molecule has 0 unspecified atom stereocenters. The summed E-state index contributed by atoms with van der Waals surface area (Å²) in [5.41, 5.74) is 2.43. The minimum Gasteiger partial charge on any atom is -0.497 e. The Balaban J connectivity index is 0.000000285. The highest BCUT2D eigenvalue weighted by atomic mass is 79.9. The van der Waals surface area contributed by atoms with Crippen LogP contribution in [0.3, 0.4) is 0 Å². The summed E-state index contributed by atoms with van der Waals surface area (Å²) in [7, 11) is 6.61. The van der Waals surface area contributed by atoms with Crippen LogP contribution >= 0.6 is 15.9 Å². The van der Waals surface area contributed by atoms with E-state index >= 15 is 0 Å². The van der Waals surface area contributed by atoms with Crippen LogP contribution in [0.15, 0.2) is 72.8 Å². The fraction of sp³-hybridized carbons (Fsp3) is 0.400. The summed E-state index contributed by atoms with van der Waals surface area (Å²) in [6.07, 6.45) is 0. The van der Waals surface area contributed by atoms with Crippen LogP contribution in [0, 0.1) is 6.92 Å². The lowest BCUT2D eigenvalue weighted by molar-refractivity contribution is 0.146. The second kappa shape index (κ2) is 22.2. The van der Waals surface area contributed by atoms with Gasteiger partial charge in [-0.1, -0.05) is 46.3 Å². The molecule has 0 aliphatic heterocycles. The topological polar surface area (TPSA) is 64.6 Å². The molecule has 0 bridgehead atoms. The Hall–Kier alpha value is -2.78. The number of aryl methyl sites for hydroxylation is 1. The quantitative estimate of drug-likeness (QED) is 0.160. The van der Waals surface area contributed by atoms with E-state index in [1.165, 1.54) is 11.1 Å². The number of halogens is 1. The van der Waals surface area contributed by atoms with Crippen molar-refractivity contribution >= 4 is 15.9 Å². The van der Waals surface area contributed by atoms with Gasteiger partial charge >= 0.3 is 0 Å². The van der Waals surface area contributed by atoms with E-state index in [-0.39, 0.29) is 0 Å². The van der Waals surface area contributed by atoms with Crippen molar-refractivity contribution in [3.8, 4) is 23.0 Å². The molecule has 0 aromatic heterocycles. The largest absolute Gasteiger partial charge is 0.497 e. The molecule has 3 aromatic rings. The van der Waals surface area contributed by atoms with E-state index in [1.807, 2.05) is 73.7 Å². The first kappa shape index (κ1) is 33.2. The van der Waals surface area contributed by atoms with Crippen molar-refractivity contribution < 1.29 is 33.2 Å². The van der Waals surface area contributed by atoms with Gasteiger partial charge in [-0.2, -0.15) is 0 Å². The molecular weight excluding hydrogens is 552 g/mol. The Morgan fingerprint density at radius 1 is 0.526 bits per heavy atom. The highest BCUT2D eigenvalue weighted by molar-refractivity contribution is 9.08. The normalized spacial score (nSPS) is 9.84. The zero-order valence-electron chi connectivity index (χ0n) is 23.1. The van der Waals surface area contributed by atoms with Gasteiger partial charge < -0.3 is 33.2 Å². The van der Waals surface area contributed by atoms with E-state index in [0.717, 1.165) is 28.3 Å². The molecule has 3 rings (SSSR count). The number of methoxy groups -OCH3 is 4. The molecule has 0 fully saturated rings. The van der Waals surface area contributed by atoms with Crippen molar-refractivity contribution in [1.29, 1.82) is 0 Å². The maximum atomic E-state index is 5.44. The predicted octanol–water partition coefficient (Wildman–Crippen LogP) is 6.35. The molecule has 0 aliphatic rings. The minimum atomic E-state index is 0.559. The van der Waals surface area contributed by atoms with Gasteiger partial charge in [-0.15, -0.1) is 0 Å². The summed E-state index contributed by atoms with van der Waals surface area (Å²) in [6.45, 7) is 5.67. The Morgan fingerprint density at radius 2 is 0.974 bits per heavy atom. The number of rotatable bonds is 14. The molecule has 7 nitrogen and oxygen atoms in total. The summed E-state index contributed by atoms with van der Waals surface area (Å²) in [6, 6.07) is 23.5. The van der Waals surface area contributed by atoms with Crippen molar-refractivity contribution in [2.24, 2.45) is 0 Å². The minimum absolute atomic E-state index is 0.559. The molecule has 210 valence electrons. The number of hydrogen-bond acceptors (Lipinski definition) is 7. The van der Waals surface area contributed by atoms with Crippen molar-refractivity contribution in [1.82, 2.24) is 0 Å². The smallest absolute Gasteiger partial charge is 0.123 e. The fourth-order valence-electron chi connectivity index (χ4n) is 2.84. The molecule has 0 saturated carbocycles. The van der Waals surface area contributed by atoms with Crippen LogP contribution in [-0.2, 0) is 19.5 Å². The van der Waals surface area contributed by atoms with Crippen molar-refractivity contribution in [3.05, 3.63) is 83.9 Å². The summed E-state index contributed by atoms with van der Waals surface area (Å²) in [5.74, 6) is 3.41. The average Bonchev–Trinajstić information content (AvgIpc) is 2.94. The maximum absolute atomic E-state index is 5.44. The van der Waals surface area contributed by atoms with Crippen molar-refractivity contribution in [3.63, 3.8) is 0 Å². The third kappa shape index (κ3) is 16.1. The SMILES string of the molecule is COCCOc1cccc(C)c1.COCCOc1cccc(CBr)c1.COCCOc1cccc(OC)c1. The molecule has 0 N–H and O–H groups in total. The first-order valence-corrected chi connectivity index (χ1v) is 13.4. The van der Waals surface area contributed by atoms with Crippen LogP contribution in [0.25, 0.3) is 0 Å². The number of ether oxygens (including phenoxy) is 7. The Bertz CT molecular complexity index is 931. The van der Waals surface area contributed by atoms with Gasteiger partial charge in [-0.05, 0) is 54.4 Å². The van der Waals surface area contributed by atoms with Crippen LogP contribution in [0.1, 0.15) is 11.1 Å². The lowest BCUT2D eigenvalue weighted by Gasteiger charge is -2.06. The number of alkyl halides is 1. The van der Waals surface area contributed by atoms with Crippen molar-refractivity contribution in [2.75, 3.05) is 68.1 Å². The van der Waals surface area contributed by atoms with Crippen LogP contribution in [0.2, 0.25) is 0 Å². The number of benzene rings is 3. The Labute approximate surface area is 236 Å². The fourth-order valence-corrected chi connectivity index (χ4v) is 3.19. The van der Waals surface area contributed by atoms with E-state index in [9.17, 15) is 0 Å². The maximum Gasteiger partial charge on any atom is 0.123 e. The third-order valence-corrected chi connectivity index (χ3v) is 5.40. The van der Waals surface area contributed by atoms with Crippen LogP contribution in [-0.4, -0.2) is 68.1 Å². The lowest BCUT2D eigenvalue weighted by Crippen LogP contribution is -2.04. The summed E-state index contributed by atoms with van der Waals surface area (Å²) >= 11 is 3.39. The molecule has 0 spiro atoms. The summed E-state index contributed by atoms with van der Waals surface area (Å²) in [4.78, 5) is 0. The van der Waals surface area contributed by atoms with Gasteiger partial charge in [0.15, 0.2) is 0 Å². The molecule has 0 atom stereocenters. The van der Waals surface area contributed by atoms with Gasteiger partial charge in [0.1, 0.15) is 42.8 Å². The van der Waals surface area contributed by atoms with E-state index in [2.05, 4.69) is 22.0 Å². The van der Waals surface area contributed by atoms with Crippen LogP contribution in [0.5, 0.6) is 23.0 Å². The van der Waals surface area contributed by atoms with Gasteiger partial charge in [0, 0.05) is 32.7 Å².